The van der Waals surface area contributed by atoms with Crippen LogP contribution in [0.4, 0.5) is 4.39 Å². The van der Waals surface area contributed by atoms with Gasteiger partial charge in [-0.05, 0) is 93.6 Å². The minimum absolute atomic E-state index is 0.0201. The van der Waals surface area contributed by atoms with Gasteiger partial charge in [0.15, 0.2) is 5.54 Å². The maximum Gasteiger partial charge on any atom is 0.337 e. The summed E-state index contributed by atoms with van der Waals surface area (Å²) >= 11 is 0. The van der Waals surface area contributed by atoms with Crippen molar-refractivity contribution in [3.8, 4) is 0 Å². The molecule has 0 bridgehead atoms. The quantitative estimate of drug-likeness (QED) is 0.513. The number of hydrogen-bond donors (Lipinski definition) is 0. The van der Waals surface area contributed by atoms with E-state index in [1.807, 2.05) is 26.0 Å². The van der Waals surface area contributed by atoms with Crippen molar-refractivity contribution >= 4 is 17.7 Å². The van der Waals surface area contributed by atoms with E-state index in [1.165, 1.54) is 24.8 Å². The molecule has 2 aromatic carbocycles. The number of amidine groups is 1. The van der Waals surface area contributed by atoms with E-state index in [4.69, 9.17) is 9.73 Å². The van der Waals surface area contributed by atoms with E-state index < -0.39 is 5.54 Å². The van der Waals surface area contributed by atoms with Gasteiger partial charge in [-0.1, -0.05) is 31.2 Å². The maximum atomic E-state index is 13.4. The van der Waals surface area contributed by atoms with Crippen LogP contribution in [0.1, 0.15) is 66.9 Å². The molecule has 1 unspecified atom stereocenters. The molecule has 35 heavy (non-hydrogen) atoms. The zero-order valence-corrected chi connectivity index (χ0v) is 20.8. The largest absolute Gasteiger partial charge is 0.465 e. The predicted octanol–water partition coefficient (Wildman–Crippen LogP) is 4.75. The Morgan fingerprint density at radius 2 is 1.86 bits per heavy atom. The molecule has 0 aliphatic carbocycles. The smallest absolute Gasteiger partial charge is 0.337 e. The van der Waals surface area contributed by atoms with Crippen LogP contribution in [-0.2, 0) is 15.1 Å². The van der Waals surface area contributed by atoms with Crippen molar-refractivity contribution < 1.29 is 18.7 Å². The summed E-state index contributed by atoms with van der Waals surface area (Å²) in [6.45, 7) is 7.35. The van der Waals surface area contributed by atoms with Crippen molar-refractivity contribution in [1.82, 2.24) is 9.80 Å². The van der Waals surface area contributed by atoms with Crippen molar-refractivity contribution in [3.05, 3.63) is 71.0 Å². The van der Waals surface area contributed by atoms with E-state index in [9.17, 15) is 14.0 Å². The lowest BCUT2D eigenvalue weighted by Crippen LogP contribution is -2.42. The fourth-order valence-corrected chi connectivity index (χ4v) is 5.35. The Bertz CT molecular complexity index is 1090. The van der Waals surface area contributed by atoms with E-state index in [0.29, 0.717) is 24.4 Å². The summed E-state index contributed by atoms with van der Waals surface area (Å²) in [5.74, 6) is 0.527. The number of benzene rings is 2. The van der Waals surface area contributed by atoms with Crippen LogP contribution in [0.3, 0.4) is 0 Å². The number of piperidine rings is 1. The second kappa shape index (κ2) is 10.7. The highest BCUT2D eigenvalue weighted by Gasteiger charge is 2.46. The first-order valence-electron chi connectivity index (χ1n) is 12.4. The Balaban J connectivity index is 1.29. The average Bonchev–Trinajstić information content (AvgIpc) is 3.14. The summed E-state index contributed by atoms with van der Waals surface area (Å²) in [5.41, 5.74) is 1.59. The summed E-state index contributed by atoms with van der Waals surface area (Å²) in [6, 6.07) is 13.9. The molecule has 186 valence electrons. The van der Waals surface area contributed by atoms with Crippen molar-refractivity contribution in [3.63, 3.8) is 0 Å². The van der Waals surface area contributed by atoms with Crippen molar-refractivity contribution in [2.45, 2.75) is 51.0 Å². The number of carbonyl (C=O) groups excluding carboxylic acids is 2. The Hall–Kier alpha value is -3.06. The molecule has 2 aromatic rings. The third-order valence-corrected chi connectivity index (χ3v) is 7.40. The normalized spacial score (nSPS) is 21.3. The van der Waals surface area contributed by atoms with Crippen molar-refractivity contribution in [1.29, 1.82) is 0 Å². The molecule has 1 amide bonds. The highest BCUT2D eigenvalue weighted by atomic mass is 19.1. The van der Waals surface area contributed by atoms with E-state index in [0.717, 1.165) is 50.3 Å². The summed E-state index contributed by atoms with van der Waals surface area (Å²) in [6.07, 6.45) is 3.48. The van der Waals surface area contributed by atoms with E-state index >= 15 is 0 Å². The molecule has 7 heteroatoms. The number of nitrogens with zero attached hydrogens (tertiary/aromatic N) is 3. The van der Waals surface area contributed by atoms with E-state index in [2.05, 4.69) is 11.0 Å². The molecule has 6 nitrogen and oxygen atoms in total. The fourth-order valence-electron chi connectivity index (χ4n) is 5.35. The number of methoxy groups -OCH3 is 1. The Morgan fingerprint density at radius 3 is 2.51 bits per heavy atom. The molecule has 4 rings (SSSR count). The van der Waals surface area contributed by atoms with Crippen LogP contribution in [0, 0.1) is 5.82 Å². The number of halogens is 1. The third-order valence-electron chi connectivity index (χ3n) is 7.40. The Kier molecular flexibility index (Phi) is 7.65. The second-order valence-corrected chi connectivity index (χ2v) is 9.42. The number of ether oxygens (including phenoxy) is 1. The van der Waals surface area contributed by atoms with Crippen LogP contribution in [-0.4, -0.2) is 60.8 Å². The van der Waals surface area contributed by atoms with Crippen molar-refractivity contribution in [2.75, 3.05) is 33.3 Å². The molecular formula is C28H34FN3O3. The molecular weight excluding hydrogens is 445 g/mol. The molecule has 1 fully saturated rings. The van der Waals surface area contributed by atoms with Gasteiger partial charge in [0.25, 0.3) is 5.91 Å². The van der Waals surface area contributed by atoms with E-state index in [-0.39, 0.29) is 17.7 Å². The SMILES string of the molecule is CCC1(c2ccc(F)cc2)N=C(C)N(CCCN2CCC(c3cccc(C(=O)OC)c3)CC2)C1=O. The topological polar surface area (TPSA) is 62.2 Å². The maximum absolute atomic E-state index is 13.4. The van der Waals surface area contributed by atoms with Gasteiger partial charge in [0.2, 0.25) is 0 Å². The molecule has 2 aliphatic heterocycles. The van der Waals surface area contributed by atoms with Crippen LogP contribution in [0.15, 0.2) is 53.5 Å². The number of aliphatic imine (C=N–C) groups is 1. The van der Waals surface area contributed by atoms with E-state index in [1.54, 1.807) is 23.1 Å². The number of hydrogen-bond acceptors (Lipinski definition) is 5. The lowest BCUT2D eigenvalue weighted by molar-refractivity contribution is -0.131. The first-order valence-corrected chi connectivity index (χ1v) is 12.4. The number of amides is 1. The molecule has 0 radical (unpaired) electrons. The van der Waals surface area contributed by atoms with Gasteiger partial charge in [0, 0.05) is 6.54 Å². The molecule has 0 spiro atoms. The van der Waals surface area contributed by atoms with Crippen LogP contribution >= 0.6 is 0 Å². The first-order chi connectivity index (χ1) is 16.9. The predicted molar refractivity (Wildman–Crippen MR) is 134 cm³/mol. The summed E-state index contributed by atoms with van der Waals surface area (Å²) in [4.78, 5) is 34.2. The highest BCUT2D eigenvalue weighted by Crippen LogP contribution is 2.37. The average molecular weight is 480 g/mol. The molecule has 2 aliphatic rings. The van der Waals surface area contributed by atoms with Crippen LogP contribution in [0.5, 0.6) is 0 Å². The number of rotatable bonds is 8. The minimum atomic E-state index is -0.950. The zero-order valence-electron chi connectivity index (χ0n) is 20.8. The van der Waals surface area contributed by atoms with Crippen molar-refractivity contribution in [2.24, 2.45) is 4.99 Å². The van der Waals surface area contributed by atoms with Gasteiger partial charge < -0.3 is 9.64 Å². The van der Waals surface area contributed by atoms with Gasteiger partial charge in [0.05, 0.1) is 12.7 Å². The minimum Gasteiger partial charge on any atom is -0.465 e. The first kappa shape index (κ1) is 25.0. The number of esters is 1. The summed E-state index contributed by atoms with van der Waals surface area (Å²) in [5, 5.41) is 0. The highest BCUT2D eigenvalue weighted by molar-refractivity contribution is 6.07. The molecule has 0 aromatic heterocycles. The zero-order chi connectivity index (χ0) is 25.0. The Labute approximate surface area is 206 Å². The molecule has 2 heterocycles. The monoisotopic (exact) mass is 479 g/mol. The summed E-state index contributed by atoms with van der Waals surface area (Å²) in [7, 11) is 1.40. The Morgan fingerprint density at radius 1 is 1.14 bits per heavy atom. The standard InChI is InChI=1S/C28H34FN3O3/c1-4-28(24-9-11-25(29)12-10-24)27(34)32(20(2)30-28)16-6-15-31-17-13-21(14-18-31)22-7-5-8-23(19-22)26(33)35-3/h5,7-12,19,21H,4,6,13-18H2,1-3H3. The fraction of sp³-hybridized carbons (Fsp3) is 0.464. The number of carbonyl (C=O) groups is 2. The van der Waals surface area contributed by atoms with Crippen LogP contribution in [0.25, 0.3) is 0 Å². The number of likely N-dealkylation sites (tertiary alicyclic amines) is 1. The van der Waals surface area contributed by atoms with Crippen LogP contribution < -0.4 is 0 Å². The molecule has 0 N–H and O–H groups in total. The third kappa shape index (κ3) is 5.15. The molecule has 1 atom stereocenters. The van der Waals surface area contributed by atoms with Gasteiger partial charge in [-0.15, -0.1) is 0 Å². The van der Waals surface area contributed by atoms with Gasteiger partial charge >= 0.3 is 5.97 Å². The van der Waals surface area contributed by atoms with Gasteiger partial charge in [0.1, 0.15) is 11.7 Å². The lowest BCUT2D eigenvalue weighted by atomic mass is 9.87. The lowest BCUT2D eigenvalue weighted by Gasteiger charge is -2.33. The van der Waals surface area contributed by atoms with Gasteiger partial charge in [-0.25, -0.2) is 9.18 Å². The molecule has 0 saturated carbocycles. The van der Waals surface area contributed by atoms with Gasteiger partial charge in [-0.2, -0.15) is 0 Å². The summed E-state index contributed by atoms with van der Waals surface area (Å²) < 4.78 is 18.3. The second-order valence-electron chi connectivity index (χ2n) is 9.42. The van der Waals surface area contributed by atoms with Crippen LogP contribution in [0.2, 0.25) is 0 Å². The van der Waals surface area contributed by atoms with Gasteiger partial charge in [-0.3, -0.25) is 14.7 Å². The molecule has 1 saturated heterocycles.